The highest BCUT2D eigenvalue weighted by Crippen LogP contribution is 2.26. The number of carbonyl (C=O) groups is 2. The number of hydrogen-bond acceptors (Lipinski definition) is 4. The molecular weight excluding hydrogens is 423 g/mol. The number of carbonyl (C=O) groups excluding carboxylic acids is 2. The normalized spacial score (nSPS) is 10.1. The van der Waals surface area contributed by atoms with E-state index in [1.807, 2.05) is 12.1 Å². The van der Waals surface area contributed by atoms with Crippen molar-refractivity contribution in [3.63, 3.8) is 0 Å². The number of nitrogens with one attached hydrogen (secondary N) is 2. The summed E-state index contributed by atoms with van der Waals surface area (Å²) >= 11 is 2.07. The van der Waals surface area contributed by atoms with E-state index in [0.717, 1.165) is 9.13 Å². The molecule has 3 N–H and O–H groups in total. The van der Waals surface area contributed by atoms with Gasteiger partial charge in [0.25, 0.3) is 5.91 Å². The molecule has 126 valence electrons. The smallest absolute Gasteiger partial charge is 0.252 e. The predicted molar refractivity (Wildman–Crippen MR) is 98.0 cm³/mol. The Bertz CT molecular complexity index is 749. The summed E-state index contributed by atoms with van der Waals surface area (Å²) in [6.07, 6.45) is 0. The largest absolute Gasteiger partial charge is 0.504 e. The van der Waals surface area contributed by atoms with E-state index >= 15 is 0 Å². The third-order valence-electron chi connectivity index (χ3n) is 3.26. The second-order valence-electron chi connectivity index (χ2n) is 4.95. The first-order valence-corrected chi connectivity index (χ1v) is 8.24. The van der Waals surface area contributed by atoms with E-state index in [1.165, 1.54) is 13.2 Å². The monoisotopic (exact) mass is 440 g/mol. The first-order chi connectivity index (χ1) is 11.5. The highest BCUT2D eigenvalue weighted by atomic mass is 127. The molecule has 0 aliphatic rings. The van der Waals surface area contributed by atoms with E-state index in [0.29, 0.717) is 11.3 Å². The minimum atomic E-state index is -0.304. The van der Waals surface area contributed by atoms with Crippen LogP contribution in [0.1, 0.15) is 15.9 Å². The topological polar surface area (TPSA) is 87.7 Å². The molecule has 0 saturated carbocycles. The number of ether oxygens (including phenoxy) is 1. The summed E-state index contributed by atoms with van der Waals surface area (Å²) in [6, 6.07) is 12.0. The van der Waals surface area contributed by atoms with Crippen molar-refractivity contribution in [1.29, 1.82) is 0 Å². The first kappa shape index (κ1) is 18.1. The lowest BCUT2D eigenvalue weighted by atomic mass is 10.2. The molecule has 0 unspecified atom stereocenters. The van der Waals surface area contributed by atoms with Crippen molar-refractivity contribution in [1.82, 2.24) is 10.6 Å². The van der Waals surface area contributed by atoms with Crippen LogP contribution in [0.25, 0.3) is 0 Å². The summed E-state index contributed by atoms with van der Waals surface area (Å²) in [7, 11) is 1.46. The highest BCUT2D eigenvalue weighted by molar-refractivity contribution is 14.1. The number of rotatable bonds is 6. The maximum atomic E-state index is 12.0. The molecule has 2 amide bonds. The molecule has 0 fully saturated rings. The van der Waals surface area contributed by atoms with E-state index < -0.39 is 0 Å². The van der Waals surface area contributed by atoms with E-state index in [2.05, 4.69) is 33.2 Å². The average Bonchev–Trinajstić information content (AvgIpc) is 2.59. The molecule has 0 radical (unpaired) electrons. The Hall–Kier alpha value is -2.29. The fraction of sp³-hybridized carbons (Fsp3) is 0.176. The maximum Gasteiger partial charge on any atom is 0.252 e. The zero-order valence-electron chi connectivity index (χ0n) is 13.0. The molecule has 0 spiro atoms. The van der Waals surface area contributed by atoms with Gasteiger partial charge in [-0.2, -0.15) is 0 Å². The van der Waals surface area contributed by atoms with Crippen LogP contribution in [0.15, 0.2) is 42.5 Å². The van der Waals surface area contributed by atoms with Gasteiger partial charge in [0.15, 0.2) is 11.5 Å². The van der Waals surface area contributed by atoms with Gasteiger partial charge in [-0.25, -0.2) is 0 Å². The van der Waals surface area contributed by atoms with E-state index in [-0.39, 0.29) is 30.7 Å². The Morgan fingerprint density at radius 1 is 1.17 bits per heavy atom. The van der Waals surface area contributed by atoms with Crippen LogP contribution < -0.4 is 15.4 Å². The van der Waals surface area contributed by atoms with Gasteiger partial charge in [-0.1, -0.05) is 18.2 Å². The van der Waals surface area contributed by atoms with Crippen molar-refractivity contribution in [2.24, 2.45) is 0 Å². The Morgan fingerprint density at radius 2 is 1.92 bits per heavy atom. The summed E-state index contributed by atoms with van der Waals surface area (Å²) in [6.45, 7) is 0.160. The fourth-order valence-corrected chi connectivity index (χ4v) is 2.63. The van der Waals surface area contributed by atoms with Crippen molar-refractivity contribution in [3.05, 3.63) is 57.2 Å². The van der Waals surface area contributed by atoms with Crippen LogP contribution in [0.2, 0.25) is 0 Å². The number of phenolic OH excluding ortho intramolecular Hbond substituents is 1. The Kier molecular flexibility index (Phi) is 6.42. The lowest BCUT2D eigenvalue weighted by Crippen LogP contribution is -2.36. The van der Waals surface area contributed by atoms with Gasteiger partial charge in [0.05, 0.1) is 19.2 Å². The molecule has 6 nitrogen and oxygen atoms in total. The van der Waals surface area contributed by atoms with Crippen molar-refractivity contribution in [2.75, 3.05) is 13.7 Å². The SMILES string of the molecule is COc1cc(CNC(=O)CNC(=O)c2ccccc2I)ccc1O. The van der Waals surface area contributed by atoms with E-state index in [9.17, 15) is 14.7 Å². The van der Waals surface area contributed by atoms with Gasteiger partial charge < -0.3 is 20.5 Å². The highest BCUT2D eigenvalue weighted by Gasteiger charge is 2.11. The summed E-state index contributed by atoms with van der Waals surface area (Å²) < 4.78 is 5.83. The van der Waals surface area contributed by atoms with Gasteiger partial charge in [0, 0.05) is 10.1 Å². The Morgan fingerprint density at radius 3 is 2.62 bits per heavy atom. The lowest BCUT2D eigenvalue weighted by molar-refractivity contribution is -0.120. The first-order valence-electron chi connectivity index (χ1n) is 7.16. The fourth-order valence-electron chi connectivity index (χ4n) is 2.00. The van der Waals surface area contributed by atoms with Crippen LogP contribution in [0, 0.1) is 3.57 Å². The molecule has 2 aromatic rings. The minimum absolute atomic E-state index is 0.0392. The molecule has 0 saturated heterocycles. The lowest BCUT2D eigenvalue weighted by Gasteiger charge is -2.09. The molecular formula is C17H17IN2O4. The molecule has 0 aromatic heterocycles. The van der Waals surface area contributed by atoms with E-state index in [1.54, 1.807) is 24.3 Å². The molecule has 7 heteroatoms. The summed E-state index contributed by atoms with van der Waals surface area (Å²) in [5.74, 6) is -0.214. The molecule has 0 atom stereocenters. The van der Waals surface area contributed by atoms with Gasteiger partial charge in [-0.05, 0) is 52.4 Å². The number of aromatic hydroxyl groups is 1. The average molecular weight is 440 g/mol. The zero-order valence-corrected chi connectivity index (χ0v) is 15.2. The second kappa shape index (κ2) is 8.53. The van der Waals surface area contributed by atoms with Crippen LogP contribution in [-0.2, 0) is 11.3 Å². The van der Waals surface area contributed by atoms with Crippen molar-refractivity contribution >= 4 is 34.4 Å². The number of amides is 2. The molecule has 0 aliphatic carbocycles. The molecule has 0 bridgehead atoms. The van der Waals surface area contributed by atoms with Crippen molar-refractivity contribution < 1.29 is 19.4 Å². The maximum absolute atomic E-state index is 12.0. The number of phenols is 1. The quantitative estimate of drug-likeness (QED) is 0.601. The number of hydrogen-bond donors (Lipinski definition) is 3. The van der Waals surface area contributed by atoms with Crippen LogP contribution in [0.4, 0.5) is 0 Å². The Balaban J connectivity index is 1.83. The van der Waals surface area contributed by atoms with Crippen molar-refractivity contribution in [2.45, 2.75) is 6.54 Å². The molecule has 0 aliphatic heterocycles. The summed E-state index contributed by atoms with van der Waals surface area (Å²) in [5, 5.41) is 14.8. The van der Waals surface area contributed by atoms with Crippen LogP contribution in [0.3, 0.4) is 0 Å². The molecule has 2 rings (SSSR count). The summed E-state index contributed by atoms with van der Waals surface area (Å²) in [5.41, 5.74) is 1.32. The Labute approximate surface area is 153 Å². The van der Waals surface area contributed by atoms with Gasteiger partial charge in [-0.3, -0.25) is 9.59 Å². The van der Waals surface area contributed by atoms with E-state index in [4.69, 9.17) is 4.74 Å². The van der Waals surface area contributed by atoms with Gasteiger partial charge in [0.2, 0.25) is 5.91 Å². The number of benzene rings is 2. The van der Waals surface area contributed by atoms with Crippen molar-refractivity contribution in [3.8, 4) is 11.5 Å². The minimum Gasteiger partial charge on any atom is -0.504 e. The standard InChI is InChI=1S/C17H17IN2O4/c1-24-15-8-11(6-7-14(15)21)9-19-16(22)10-20-17(23)12-4-2-3-5-13(12)18/h2-8,21H,9-10H2,1H3,(H,19,22)(H,20,23). The van der Waals surface area contributed by atoms with Crippen LogP contribution in [-0.4, -0.2) is 30.6 Å². The van der Waals surface area contributed by atoms with Gasteiger partial charge >= 0.3 is 0 Å². The van der Waals surface area contributed by atoms with Gasteiger partial charge in [0.1, 0.15) is 0 Å². The molecule has 2 aromatic carbocycles. The summed E-state index contributed by atoms with van der Waals surface area (Å²) in [4.78, 5) is 23.9. The molecule has 24 heavy (non-hydrogen) atoms. The third kappa shape index (κ3) is 4.85. The number of methoxy groups -OCH3 is 1. The number of halogens is 1. The third-order valence-corrected chi connectivity index (χ3v) is 4.20. The zero-order chi connectivity index (χ0) is 17.5. The second-order valence-corrected chi connectivity index (χ2v) is 6.11. The molecule has 0 heterocycles. The predicted octanol–water partition coefficient (Wildman–Crippen LogP) is 2.05. The van der Waals surface area contributed by atoms with Crippen LogP contribution >= 0.6 is 22.6 Å². The van der Waals surface area contributed by atoms with Gasteiger partial charge in [-0.15, -0.1) is 0 Å². The van der Waals surface area contributed by atoms with Crippen LogP contribution in [0.5, 0.6) is 11.5 Å².